The number of halogens is 2. The van der Waals surface area contributed by atoms with Gasteiger partial charge in [-0.25, -0.2) is 4.79 Å². The summed E-state index contributed by atoms with van der Waals surface area (Å²) in [5.41, 5.74) is 1.55. The smallest absolute Gasteiger partial charge is 0.338 e. The van der Waals surface area contributed by atoms with Crippen LogP contribution in [0.3, 0.4) is 0 Å². The summed E-state index contributed by atoms with van der Waals surface area (Å²) in [4.78, 5) is 12.3. The Labute approximate surface area is 141 Å². The van der Waals surface area contributed by atoms with Gasteiger partial charge in [0.2, 0.25) is 0 Å². The van der Waals surface area contributed by atoms with E-state index < -0.39 is 0 Å². The lowest BCUT2D eigenvalue weighted by molar-refractivity contribution is 0.00393. The highest BCUT2D eigenvalue weighted by molar-refractivity contribution is 6.30. The van der Waals surface area contributed by atoms with Crippen LogP contribution in [0.1, 0.15) is 22.0 Å². The molecule has 1 heterocycles. The molecule has 0 unspecified atom stereocenters. The summed E-state index contributed by atoms with van der Waals surface area (Å²) in [5, 5.41) is 3.90. The minimum atomic E-state index is -0.289. The van der Waals surface area contributed by atoms with Gasteiger partial charge < -0.3 is 10.1 Å². The van der Waals surface area contributed by atoms with E-state index in [1.165, 1.54) is 0 Å². The second-order valence-corrected chi connectivity index (χ2v) is 5.60. The molecular formula is C17H17Cl2NO2. The average molecular weight is 338 g/mol. The van der Waals surface area contributed by atoms with E-state index in [9.17, 15) is 4.79 Å². The van der Waals surface area contributed by atoms with E-state index in [1.54, 1.807) is 12.1 Å². The van der Waals surface area contributed by atoms with Crippen molar-refractivity contribution in [3.8, 4) is 0 Å². The Morgan fingerprint density at radius 1 is 1.09 bits per heavy atom. The molecule has 0 amide bonds. The molecule has 0 saturated carbocycles. The van der Waals surface area contributed by atoms with E-state index in [1.807, 2.05) is 42.5 Å². The molecule has 1 aliphatic heterocycles. The molecule has 1 atom stereocenters. The maximum absolute atomic E-state index is 12.3. The first-order valence-corrected chi connectivity index (χ1v) is 7.34. The molecule has 2 aromatic carbocycles. The van der Waals surface area contributed by atoms with E-state index in [2.05, 4.69) is 5.32 Å². The van der Waals surface area contributed by atoms with Crippen molar-refractivity contribution in [1.29, 1.82) is 0 Å². The van der Waals surface area contributed by atoms with Gasteiger partial charge in [0.25, 0.3) is 0 Å². The van der Waals surface area contributed by atoms with Crippen LogP contribution in [0.15, 0.2) is 54.6 Å². The molecule has 0 bridgehead atoms. The van der Waals surface area contributed by atoms with Crippen LogP contribution in [-0.2, 0) is 4.74 Å². The van der Waals surface area contributed by atoms with Crippen molar-refractivity contribution in [3.63, 3.8) is 0 Å². The van der Waals surface area contributed by atoms with Crippen LogP contribution in [0.2, 0.25) is 5.02 Å². The van der Waals surface area contributed by atoms with Crippen LogP contribution in [0.5, 0.6) is 0 Å². The number of nitrogens with one attached hydrogen (secondary N) is 1. The lowest BCUT2D eigenvalue weighted by Gasteiger charge is -2.34. The summed E-state index contributed by atoms with van der Waals surface area (Å²) >= 11 is 5.93. The van der Waals surface area contributed by atoms with Gasteiger partial charge in [0.15, 0.2) is 0 Å². The number of carbonyl (C=O) groups is 1. The van der Waals surface area contributed by atoms with E-state index in [4.69, 9.17) is 16.3 Å². The van der Waals surface area contributed by atoms with Crippen molar-refractivity contribution >= 4 is 30.0 Å². The maximum atomic E-state index is 12.3. The number of esters is 1. The third-order valence-electron chi connectivity index (χ3n) is 3.68. The van der Waals surface area contributed by atoms with Crippen LogP contribution in [0.4, 0.5) is 0 Å². The second-order valence-electron chi connectivity index (χ2n) is 5.16. The average Bonchev–Trinajstić information content (AvgIpc) is 2.46. The molecule has 3 rings (SSSR count). The molecule has 1 fully saturated rings. The number of benzene rings is 2. The Kier molecular flexibility index (Phi) is 5.83. The van der Waals surface area contributed by atoms with Gasteiger partial charge in [0.1, 0.15) is 6.10 Å². The Hall–Kier alpha value is -1.55. The maximum Gasteiger partial charge on any atom is 0.338 e. The minimum Gasteiger partial charge on any atom is -0.453 e. The predicted octanol–water partition coefficient (Wildman–Crippen LogP) is 3.88. The monoisotopic (exact) mass is 337 g/mol. The number of carbonyl (C=O) groups excluding carboxylic acids is 1. The third kappa shape index (κ3) is 3.80. The zero-order valence-corrected chi connectivity index (χ0v) is 13.4. The largest absolute Gasteiger partial charge is 0.453 e. The SMILES string of the molecule is Cl.O=C(O[C@H](c1ccc(Cl)cc1)C1CNC1)c1ccccc1. The van der Waals surface area contributed by atoms with Gasteiger partial charge in [-0.15, -0.1) is 12.4 Å². The predicted molar refractivity (Wildman–Crippen MR) is 89.7 cm³/mol. The molecule has 2 aromatic rings. The Bertz CT molecular complexity index is 612. The van der Waals surface area contributed by atoms with E-state index in [-0.39, 0.29) is 24.5 Å². The normalized spacial score (nSPS) is 15.3. The molecule has 0 spiro atoms. The number of ether oxygens (including phenoxy) is 1. The first-order chi connectivity index (χ1) is 10.2. The lowest BCUT2D eigenvalue weighted by Crippen LogP contribution is -2.46. The van der Waals surface area contributed by atoms with Gasteiger partial charge in [-0.1, -0.05) is 41.9 Å². The van der Waals surface area contributed by atoms with Gasteiger partial charge >= 0.3 is 5.97 Å². The number of hydrogen-bond acceptors (Lipinski definition) is 3. The van der Waals surface area contributed by atoms with Crippen molar-refractivity contribution in [2.45, 2.75) is 6.10 Å². The van der Waals surface area contributed by atoms with E-state index >= 15 is 0 Å². The summed E-state index contributed by atoms with van der Waals surface area (Å²) in [6, 6.07) is 16.6. The van der Waals surface area contributed by atoms with E-state index in [0.29, 0.717) is 16.5 Å². The number of hydrogen-bond donors (Lipinski definition) is 1. The van der Waals surface area contributed by atoms with Gasteiger partial charge in [0, 0.05) is 24.0 Å². The molecule has 1 N–H and O–H groups in total. The van der Waals surface area contributed by atoms with Gasteiger partial charge in [0.05, 0.1) is 5.56 Å². The van der Waals surface area contributed by atoms with Crippen LogP contribution in [-0.4, -0.2) is 19.1 Å². The molecular weight excluding hydrogens is 321 g/mol. The van der Waals surface area contributed by atoms with Crippen LogP contribution in [0.25, 0.3) is 0 Å². The molecule has 0 aromatic heterocycles. The first kappa shape index (κ1) is 16.8. The second kappa shape index (κ2) is 7.63. The molecule has 1 saturated heterocycles. The van der Waals surface area contributed by atoms with Crippen molar-refractivity contribution < 1.29 is 9.53 Å². The molecule has 116 valence electrons. The molecule has 22 heavy (non-hydrogen) atoms. The lowest BCUT2D eigenvalue weighted by atomic mass is 9.91. The van der Waals surface area contributed by atoms with E-state index in [0.717, 1.165) is 18.7 Å². The minimum absolute atomic E-state index is 0. The van der Waals surface area contributed by atoms with Crippen LogP contribution in [0, 0.1) is 5.92 Å². The standard InChI is InChI=1S/C17H16ClNO2.ClH/c18-15-8-6-12(7-9-15)16(14-10-19-11-14)21-17(20)13-4-2-1-3-5-13;/h1-9,14,16,19H,10-11H2;1H/t16-;/m1./s1. The summed E-state index contributed by atoms with van der Waals surface area (Å²) in [7, 11) is 0. The Morgan fingerprint density at radius 2 is 1.73 bits per heavy atom. The zero-order chi connectivity index (χ0) is 14.7. The third-order valence-corrected chi connectivity index (χ3v) is 3.94. The van der Waals surface area contributed by atoms with Crippen LogP contribution >= 0.6 is 24.0 Å². The molecule has 3 nitrogen and oxygen atoms in total. The quantitative estimate of drug-likeness (QED) is 0.860. The van der Waals surface area contributed by atoms with Gasteiger partial charge in [-0.3, -0.25) is 0 Å². The highest BCUT2D eigenvalue weighted by Gasteiger charge is 2.31. The summed E-state index contributed by atoms with van der Waals surface area (Å²) in [6.45, 7) is 1.71. The Balaban J connectivity index is 0.00000176. The van der Waals surface area contributed by atoms with Crippen LogP contribution < -0.4 is 5.32 Å². The number of rotatable bonds is 4. The molecule has 0 aliphatic carbocycles. The Morgan fingerprint density at radius 3 is 2.27 bits per heavy atom. The fraction of sp³-hybridized carbons (Fsp3) is 0.235. The molecule has 0 radical (unpaired) electrons. The fourth-order valence-corrected chi connectivity index (χ4v) is 2.50. The summed E-state index contributed by atoms with van der Waals surface area (Å²) in [5.74, 6) is 0.0151. The molecule has 1 aliphatic rings. The van der Waals surface area contributed by atoms with Crippen molar-refractivity contribution in [3.05, 3.63) is 70.7 Å². The zero-order valence-electron chi connectivity index (χ0n) is 11.9. The van der Waals surface area contributed by atoms with Crippen molar-refractivity contribution in [1.82, 2.24) is 5.32 Å². The fourth-order valence-electron chi connectivity index (χ4n) is 2.37. The highest BCUT2D eigenvalue weighted by Crippen LogP contribution is 2.30. The molecule has 5 heteroatoms. The first-order valence-electron chi connectivity index (χ1n) is 6.96. The topological polar surface area (TPSA) is 38.3 Å². The summed E-state index contributed by atoms with van der Waals surface area (Å²) in [6.07, 6.45) is -0.240. The van der Waals surface area contributed by atoms with Gasteiger partial charge in [-0.2, -0.15) is 0 Å². The van der Waals surface area contributed by atoms with Crippen molar-refractivity contribution in [2.24, 2.45) is 5.92 Å². The summed E-state index contributed by atoms with van der Waals surface area (Å²) < 4.78 is 5.74. The van der Waals surface area contributed by atoms with Gasteiger partial charge in [-0.05, 0) is 29.8 Å². The van der Waals surface area contributed by atoms with Crippen molar-refractivity contribution in [2.75, 3.05) is 13.1 Å². The highest BCUT2D eigenvalue weighted by atomic mass is 35.5.